The normalized spacial score (nSPS) is 14.8. The largest absolute Gasteiger partial charge is 0.474 e. The number of nitrogens with zero attached hydrogens (tertiary/aromatic N) is 4. The van der Waals surface area contributed by atoms with Crippen LogP contribution in [0.3, 0.4) is 0 Å². The average Bonchev–Trinajstić information content (AvgIpc) is 3.33. The van der Waals surface area contributed by atoms with E-state index >= 15 is 4.39 Å². The number of ether oxygens (including phenoxy) is 1. The zero-order valence-electron chi connectivity index (χ0n) is 16.0. The van der Waals surface area contributed by atoms with Gasteiger partial charge in [0.15, 0.2) is 5.82 Å². The molecule has 1 aliphatic rings. The van der Waals surface area contributed by atoms with Crippen molar-refractivity contribution in [3.8, 4) is 17.1 Å². The van der Waals surface area contributed by atoms with Crippen LogP contribution in [0.2, 0.25) is 0 Å². The molecule has 0 unspecified atom stereocenters. The standard InChI is InChI=1S/C19H19F4N5O/c1-8(2)29-18-12-7-25-28(10-4-5-10)17(12)15(20)16(27-18)11-6-13(24)26-9(3)14(11)19(21,22)23/h6-8,10H,4-5H2,1-3H3,(H2,24,26). The van der Waals surface area contributed by atoms with Crippen LogP contribution in [0, 0.1) is 12.7 Å². The van der Waals surface area contributed by atoms with Crippen LogP contribution in [0.15, 0.2) is 12.3 Å². The van der Waals surface area contributed by atoms with E-state index in [4.69, 9.17) is 10.5 Å². The molecule has 0 amide bonds. The van der Waals surface area contributed by atoms with Gasteiger partial charge in [-0.15, -0.1) is 0 Å². The molecule has 0 aliphatic heterocycles. The second-order valence-corrected chi connectivity index (χ2v) is 7.38. The van der Waals surface area contributed by atoms with Crippen molar-refractivity contribution >= 4 is 16.7 Å². The highest BCUT2D eigenvalue weighted by atomic mass is 19.4. The Balaban J connectivity index is 2.07. The third-order valence-corrected chi connectivity index (χ3v) is 4.65. The molecule has 0 aromatic carbocycles. The van der Waals surface area contributed by atoms with Gasteiger partial charge in [0, 0.05) is 5.56 Å². The first-order valence-electron chi connectivity index (χ1n) is 9.16. The van der Waals surface area contributed by atoms with Crippen molar-refractivity contribution in [1.82, 2.24) is 19.7 Å². The summed E-state index contributed by atoms with van der Waals surface area (Å²) < 4.78 is 64.0. The molecule has 6 nitrogen and oxygen atoms in total. The number of anilines is 1. The lowest BCUT2D eigenvalue weighted by molar-refractivity contribution is -0.137. The number of halogens is 4. The van der Waals surface area contributed by atoms with E-state index in [2.05, 4.69) is 15.1 Å². The summed E-state index contributed by atoms with van der Waals surface area (Å²) in [5, 5.41) is 4.54. The van der Waals surface area contributed by atoms with E-state index in [1.54, 1.807) is 13.8 Å². The summed E-state index contributed by atoms with van der Waals surface area (Å²) in [6.07, 6.45) is -2.01. The maximum Gasteiger partial charge on any atom is 0.418 e. The van der Waals surface area contributed by atoms with Gasteiger partial charge in [-0.05, 0) is 39.7 Å². The topological polar surface area (TPSA) is 78.8 Å². The second kappa shape index (κ2) is 6.57. The Bertz CT molecular complexity index is 1100. The smallest absolute Gasteiger partial charge is 0.418 e. The lowest BCUT2D eigenvalue weighted by atomic mass is 10.0. The van der Waals surface area contributed by atoms with Crippen molar-refractivity contribution < 1.29 is 22.3 Å². The number of aryl methyl sites for hydroxylation is 1. The number of alkyl halides is 3. The van der Waals surface area contributed by atoms with Crippen molar-refractivity contribution in [3.05, 3.63) is 29.3 Å². The fourth-order valence-corrected chi connectivity index (χ4v) is 3.39. The molecule has 3 aromatic heterocycles. The molecular weight excluding hydrogens is 390 g/mol. The number of aromatic nitrogens is 4. The molecule has 0 saturated heterocycles. The Hall–Kier alpha value is -2.91. The zero-order chi connectivity index (χ0) is 21.1. The number of hydrogen-bond acceptors (Lipinski definition) is 5. The van der Waals surface area contributed by atoms with Crippen LogP contribution >= 0.6 is 0 Å². The van der Waals surface area contributed by atoms with E-state index in [0.717, 1.165) is 18.9 Å². The first-order valence-corrected chi connectivity index (χ1v) is 9.16. The molecule has 1 fully saturated rings. The highest BCUT2D eigenvalue weighted by Gasteiger charge is 2.39. The number of hydrogen-bond donors (Lipinski definition) is 1. The molecule has 0 atom stereocenters. The van der Waals surface area contributed by atoms with Gasteiger partial charge in [0.25, 0.3) is 0 Å². The third-order valence-electron chi connectivity index (χ3n) is 4.65. The average molecular weight is 409 g/mol. The fourth-order valence-electron chi connectivity index (χ4n) is 3.39. The van der Waals surface area contributed by atoms with E-state index < -0.39 is 28.8 Å². The summed E-state index contributed by atoms with van der Waals surface area (Å²) in [7, 11) is 0. The van der Waals surface area contributed by atoms with E-state index in [1.807, 2.05) is 0 Å². The summed E-state index contributed by atoms with van der Waals surface area (Å²) in [5.41, 5.74) is 3.37. The van der Waals surface area contributed by atoms with Crippen LogP contribution < -0.4 is 10.5 Å². The van der Waals surface area contributed by atoms with E-state index in [1.165, 1.54) is 17.8 Å². The molecule has 0 radical (unpaired) electrons. The summed E-state index contributed by atoms with van der Waals surface area (Å²) >= 11 is 0. The van der Waals surface area contributed by atoms with Crippen LogP contribution in [-0.2, 0) is 6.18 Å². The molecule has 0 bridgehead atoms. The first-order chi connectivity index (χ1) is 13.6. The van der Waals surface area contributed by atoms with Gasteiger partial charge in [-0.1, -0.05) is 0 Å². The van der Waals surface area contributed by atoms with Gasteiger partial charge in [-0.25, -0.2) is 14.4 Å². The number of nitrogen functional groups attached to an aromatic ring is 1. The molecule has 0 spiro atoms. The van der Waals surface area contributed by atoms with Crippen molar-refractivity contribution in [2.45, 2.75) is 51.9 Å². The van der Waals surface area contributed by atoms with Gasteiger partial charge in [0.1, 0.15) is 17.0 Å². The van der Waals surface area contributed by atoms with Crippen LogP contribution in [0.5, 0.6) is 5.88 Å². The maximum atomic E-state index is 15.6. The minimum Gasteiger partial charge on any atom is -0.474 e. The zero-order valence-corrected chi connectivity index (χ0v) is 16.0. The SMILES string of the molecule is Cc1nc(N)cc(-c2nc(OC(C)C)c3cnn(C4CC4)c3c2F)c1C(F)(F)F. The van der Waals surface area contributed by atoms with E-state index in [9.17, 15) is 13.2 Å². The van der Waals surface area contributed by atoms with Crippen LogP contribution in [0.1, 0.15) is 44.0 Å². The minimum absolute atomic E-state index is 0.00971. The van der Waals surface area contributed by atoms with Gasteiger partial charge in [0.2, 0.25) is 5.88 Å². The van der Waals surface area contributed by atoms with Crippen molar-refractivity contribution in [2.75, 3.05) is 5.73 Å². The number of fused-ring (bicyclic) bond motifs is 1. The predicted molar refractivity (Wildman–Crippen MR) is 98.9 cm³/mol. The van der Waals surface area contributed by atoms with Gasteiger partial charge in [-0.3, -0.25) is 4.68 Å². The monoisotopic (exact) mass is 409 g/mol. The number of pyridine rings is 2. The lowest BCUT2D eigenvalue weighted by Crippen LogP contribution is -2.14. The Morgan fingerprint density at radius 1 is 1.24 bits per heavy atom. The molecule has 3 aromatic rings. The summed E-state index contributed by atoms with van der Waals surface area (Å²) in [5.74, 6) is -1.02. The van der Waals surface area contributed by atoms with Crippen molar-refractivity contribution in [2.24, 2.45) is 0 Å². The van der Waals surface area contributed by atoms with Gasteiger partial charge < -0.3 is 10.5 Å². The number of nitrogens with two attached hydrogens (primary N) is 1. The third kappa shape index (κ3) is 3.36. The molecule has 4 rings (SSSR count). The molecule has 154 valence electrons. The Kier molecular flexibility index (Phi) is 4.39. The minimum atomic E-state index is -4.76. The molecule has 29 heavy (non-hydrogen) atoms. The quantitative estimate of drug-likeness (QED) is 0.634. The Morgan fingerprint density at radius 2 is 1.93 bits per heavy atom. The molecule has 1 aliphatic carbocycles. The fraction of sp³-hybridized carbons (Fsp3) is 0.421. The van der Waals surface area contributed by atoms with Crippen molar-refractivity contribution in [1.29, 1.82) is 0 Å². The van der Waals surface area contributed by atoms with Crippen LogP contribution in [-0.4, -0.2) is 25.9 Å². The molecular formula is C19H19F4N5O. The Labute approximate surface area is 163 Å². The molecule has 10 heteroatoms. The van der Waals surface area contributed by atoms with Crippen LogP contribution in [0.4, 0.5) is 23.4 Å². The van der Waals surface area contributed by atoms with Gasteiger partial charge >= 0.3 is 6.18 Å². The predicted octanol–water partition coefficient (Wildman–Crippen LogP) is 4.66. The van der Waals surface area contributed by atoms with Crippen LogP contribution in [0.25, 0.3) is 22.2 Å². The molecule has 3 heterocycles. The first kappa shape index (κ1) is 19.4. The molecule has 2 N–H and O–H groups in total. The highest BCUT2D eigenvalue weighted by molar-refractivity contribution is 5.89. The maximum absolute atomic E-state index is 15.6. The highest BCUT2D eigenvalue weighted by Crippen LogP contribution is 2.44. The summed E-state index contributed by atoms with van der Waals surface area (Å²) in [4.78, 5) is 7.82. The number of rotatable bonds is 4. The van der Waals surface area contributed by atoms with Crippen molar-refractivity contribution in [3.63, 3.8) is 0 Å². The lowest BCUT2D eigenvalue weighted by Gasteiger charge is -2.18. The molecule has 1 saturated carbocycles. The second-order valence-electron chi connectivity index (χ2n) is 7.38. The summed E-state index contributed by atoms with van der Waals surface area (Å²) in [6.45, 7) is 4.67. The van der Waals surface area contributed by atoms with Gasteiger partial charge in [0.05, 0.1) is 35.0 Å². The van der Waals surface area contributed by atoms with Gasteiger partial charge in [-0.2, -0.15) is 18.3 Å². The Morgan fingerprint density at radius 3 is 2.52 bits per heavy atom. The van der Waals surface area contributed by atoms with E-state index in [0.29, 0.717) is 5.39 Å². The van der Waals surface area contributed by atoms with E-state index in [-0.39, 0.29) is 35.1 Å². The summed E-state index contributed by atoms with van der Waals surface area (Å²) in [6, 6.07) is 1.000.